The monoisotopic (exact) mass is 458 g/mol. The van der Waals surface area contributed by atoms with Crippen molar-refractivity contribution < 1.29 is 24.2 Å². The first-order valence-corrected chi connectivity index (χ1v) is 11.4. The maximum absolute atomic E-state index is 12.2. The molecule has 1 aromatic carbocycles. The number of likely N-dealkylation sites (tertiary alicyclic amines) is 1. The van der Waals surface area contributed by atoms with Crippen molar-refractivity contribution in [2.24, 2.45) is 5.92 Å². The van der Waals surface area contributed by atoms with E-state index in [0.717, 1.165) is 36.4 Å². The number of aliphatic hydroxyl groups is 1. The third-order valence-electron chi connectivity index (χ3n) is 5.59. The van der Waals surface area contributed by atoms with E-state index in [9.17, 15) is 14.4 Å². The van der Waals surface area contributed by atoms with Crippen LogP contribution < -0.4 is 10.6 Å². The molecular formula is C24H34N4O5. The standard InChI is InChI=1S/C24H34N4O5/c1-24(2,3)33-23(32)27-10-8-18(9-11-27)16-25-15-17-4-6-19(7-5-17)26-20-14-21(30)28(12-13-29)22(20)31/h4-7,14,18,25-26,29H,8-13,15-16H2,1-3H3. The summed E-state index contributed by atoms with van der Waals surface area (Å²) in [5.74, 6) is -0.337. The minimum absolute atomic E-state index is 0.00994. The van der Waals surface area contributed by atoms with Gasteiger partial charge in [-0.25, -0.2) is 4.79 Å². The summed E-state index contributed by atoms with van der Waals surface area (Å²) in [6.45, 7) is 8.40. The summed E-state index contributed by atoms with van der Waals surface area (Å²) >= 11 is 0. The van der Waals surface area contributed by atoms with Gasteiger partial charge in [0.1, 0.15) is 11.3 Å². The lowest BCUT2D eigenvalue weighted by Crippen LogP contribution is -2.43. The van der Waals surface area contributed by atoms with E-state index in [2.05, 4.69) is 10.6 Å². The first-order chi connectivity index (χ1) is 15.7. The number of β-amino-alcohol motifs (C(OH)–C–C–N with tert-alkyl or cyclic N) is 1. The lowest BCUT2D eigenvalue weighted by Gasteiger charge is -2.33. The van der Waals surface area contributed by atoms with Crippen molar-refractivity contribution in [3.05, 3.63) is 41.6 Å². The second-order valence-electron chi connectivity index (χ2n) is 9.44. The van der Waals surface area contributed by atoms with Gasteiger partial charge in [-0.3, -0.25) is 14.5 Å². The van der Waals surface area contributed by atoms with Gasteiger partial charge in [-0.05, 0) is 63.8 Å². The number of aliphatic hydroxyl groups excluding tert-OH is 1. The van der Waals surface area contributed by atoms with Gasteiger partial charge < -0.3 is 25.4 Å². The number of benzene rings is 1. The summed E-state index contributed by atoms with van der Waals surface area (Å²) in [5, 5.41) is 15.4. The molecule has 3 amide bonds. The molecule has 9 heteroatoms. The second kappa shape index (κ2) is 10.8. The number of carbonyl (C=O) groups is 3. The Hall–Kier alpha value is -2.91. The van der Waals surface area contributed by atoms with E-state index in [4.69, 9.17) is 9.84 Å². The molecule has 2 heterocycles. The zero-order chi connectivity index (χ0) is 24.0. The van der Waals surface area contributed by atoms with E-state index in [1.165, 1.54) is 6.08 Å². The summed E-state index contributed by atoms with van der Waals surface area (Å²) < 4.78 is 5.45. The number of carbonyl (C=O) groups excluding carboxylic acids is 3. The van der Waals surface area contributed by atoms with Crippen LogP contribution in [0, 0.1) is 5.92 Å². The molecule has 2 aliphatic heterocycles. The van der Waals surface area contributed by atoms with E-state index >= 15 is 0 Å². The Morgan fingerprint density at radius 1 is 1.15 bits per heavy atom. The maximum atomic E-state index is 12.2. The van der Waals surface area contributed by atoms with Crippen LogP contribution in [0.1, 0.15) is 39.2 Å². The highest BCUT2D eigenvalue weighted by molar-refractivity contribution is 6.17. The first kappa shape index (κ1) is 24.7. The number of hydrogen-bond acceptors (Lipinski definition) is 7. The van der Waals surface area contributed by atoms with Crippen molar-refractivity contribution in [2.45, 2.75) is 45.8 Å². The normalized spacial score (nSPS) is 17.4. The smallest absolute Gasteiger partial charge is 0.410 e. The summed E-state index contributed by atoms with van der Waals surface area (Å²) in [6, 6.07) is 7.66. The second-order valence-corrected chi connectivity index (χ2v) is 9.44. The molecule has 1 aromatic rings. The Balaban J connectivity index is 1.39. The molecule has 0 radical (unpaired) electrons. The molecule has 0 saturated carbocycles. The average Bonchev–Trinajstić information content (AvgIpc) is 3.02. The highest BCUT2D eigenvalue weighted by Gasteiger charge is 2.30. The van der Waals surface area contributed by atoms with Gasteiger partial charge in [-0.2, -0.15) is 0 Å². The summed E-state index contributed by atoms with van der Waals surface area (Å²) in [4.78, 5) is 39.0. The van der Waals surface area contributed by atoms with Gasteiger partial charge in [0.05, 0.1) is 13.2 Å². The summed E-state index contributed by atoms with van der Waals surface area (Å²) in [5.41, 5.74) is 1.56. The number of rotatable bonds is 8. The van der Waals surface area contributed by atoms with E-state index in [-0.39, 0.29) is 24.9 Å². The molecule has 3 rings (SSSR count). The maximum Gasteiger partial charge on any atom is 0.410 e. The van der Waals surface area contributed by atoms with Crippen molar-refractivity contribution in [3.63, 3.8) is 0 Å². The fraction of sp³-hybridized carbons (Fsp3) is 0.542. The third kappa shape index (κ3) is 7.03. The highest BCUT2D eigenvalue weighted by Crippen LogP contribution is 2.20. The minimum Gasteiger partial charge on any atom is -0.444 e. The Kier molecular flexibility index (Phi) is 8.10. The highest BCUT2D eigenvalue weighted by atomic mass is 16.6. The van der Waals surface area contributed by atoms with Crippen LogP contribution >= 0.6 is 0 Å². The molecule has 0 atom stereocenters. The number of nitrogens with one attached hydrogen (secondary N) is 2. The first-order valence-electron chi connectivity index (χ1n) is 11.4. The number of anilines is 1. The lowest BCUT2D eigenvalue weighted by atomic mass is 9.97. The largest absolute Gasteiger partial charge is 0.444 e. The quantitative estimate of drug-likeness (QED) is 0.512. The van der Waals surface area contributed by atoms with Crippen LogP contribution in [0.25, 0.3) is 0 Å². The predicted octanol–water partition coefficient (Wildman–Crippen LogP) is 2.08. The van der Waals surface area contributed by atoms with E-state index in [0.29, 0.717) is 24.7 Å². The van der Waals surface area contributed by atoms with Gasteiger partial charge in [0, 0.05) is 31.4 Å². The fourth-order valence-corrected chi connectivity index (χ4v) is 3.84. The molecule has 0 unspecified atom stereocenters. The molecule has 1 fully saturated rings. The molecular weight excluding hydrogens is 424 g/mol. The molecule has 3 N–H and O–H groups in total. The molecule has 0 bridgehead atoms. The number of hydrogen-bond donors (Lipinski definition) is 3. The van der Waals surface area contributed by atoms with E-state index in [1.807, 2.05) is 45.0 Å². The van der Waals surface area contributed by atoms with Crippen LogP contribution in [0.5, 0.6) is 0 Å². The number of nitrogens with zero attached hydrogens (tertiary/aromatic N) is 2. The van der Waals surface area contributed by atoms with Gasteiger partial charge in [0.15, 0.2) is 0 Å². The van der Waals surface area contributed by atoms with Crippen LogP contribution in [0.2, 0.25) is 0 Å². The summed E-state index contributed by atoms with van der Waals surface area (Å²) in [7, 11) is 0. The van der Waals surface area contributed by atoms with Gasteiger partial charge in [-0.15, -0.1) is 0 Å². The van der Waals surface area contributed by atoms with Crippen molar-refractivity contribution in [2.75, 3.05) is 38.1 Å². The Labute approximate surface area is 194 Å². The molecule has 0 spiro atoms. The van der Waals surface area contributed by atoms with Gasteiger partial charge in [0.2, 0.25) is 0 Å². The average molecular weight is 459 g/mol. The molecule has 33 heavy (non-hydrogen) atoms. The zero-order valence-electron chi connectivity index (χ0n) is 19.6. The topological polar surface area (TPSA) is 111 Å². The Morgan fingerprint density at radius 3 is 2.42 bits per heavy atom. The Morgan fingerprint density at radius 2 is 1.82 bits per heavy atom. The van der Waals surface area contributed by atoms with Crippen LogP contribution in [-0.2, 0) is 20.9 Å². The number of imide groups is 1. The third-order valence-corrected chi connectivity index (χ3v) is 5.59. The number of piperidine rings is 1. The molecule has 0 aliphatic carbocycles. The summed E-state index contributed by atoms with van der Waals surface area (Å²) in [6.07, 6.45) is 2.92. The minimum atomic E-state index is -0.470. The van der Waals surface area contributed by atoms with Crippen molar-refractivity contribution in [1.82, 2.24) is 15.1 Å². The van der Waals surface area contributed by atoms with Crippen LogP contribution in [-0.4, -0.2) is 71.2 Å². The van der Waals surface area contributed by atoms with E-state index < -0.39 is 17.4 Å². The van der Waals surface area contributed by atoms with Gasteiger partial charge in [-0.1, -0.05) is 12.1 Å². The predicted molar refractivity (Wildman–Crippen MR) is 124 cm³/mol. The van der Waals surface area contributed by atoms with Crippen LogP contribution in [0.4, 0.5) is 10.5 Å². The number of amides is 3. The van der Waals surface area contributed by atoms with Crippen LogP contribution in [0.15, 0.2) is 36.0 Å². The molecule has 0 aromatic heterocycles. The molecule has 180 valence electrons. The van der Waals surface area contributed by atoms with Crippen LogP contribution in [0.3, 0.4) is 0 Å². The SMILES string of the molecule is CC(C)(C)OC(=O)N1CCC(CNCc2ccc(NC3=CC(=O)N(CCO)C3=O)cc2)CC1. The van der Waals surface area contributed by atoms with Gasteiger partial charge in [0.25, 0.3) is 11.8 Å². The fourth-order valence-electron chi connectivity index (χ4n) is 3.84. The lowest BCUT2D eigenvalue weighted by molar-refractivity contribution is -0.137. The van der Waals surface area contributed by atoms with Crippen molar-refractivity contribution in [1.29, 1.82) is 0 Å². The molecule has 1 saturated heterocycles. The molecule has 9 nitrogen and oxygen atoms in total. The Bertz CT molecular complexity index is 883. The van der Waals surface area contributed by atoms with Gasteiger partial charge >= 0.3 is 6.09 Å². The number of ether oxygens (including phenoxy) is 1. The molecule has 2 aliphatic rings. The van der Waals surface area contributed by atoms with Crippen molar-refractivity contribution >= 4 is 23.6 Å². The van der Waals surface area contributed by atoms with E-state index in [1.54, 1.807) is 4.90 Å². The zero-order valence-corrected chi connectivity index (χ0v) is 19.6. The van der Waals surface area contributed by atoms with Crippen molar-refractivity contribution in [3.8, 4) is 0 Å².